The van der Waals surface area contributed by atoms with Gasteiger partial charge in [-0.25, -0.2) is 0 Å². The Morgan fingerprint density at radius 1 is 1.64 bits per heavy atom. The second kappa shape index (κ2) is 5.47. The van der Waals surface area contributed by atoms with E-state index >= 15 is 0 Å². The van der Waals surface area contributed by atoms with Gasteiger partial charge in [0, 0.05) is 24.1 Å². The molecule has 0 aromatic rings. The number of nitrogens with two attached hydrogens (primary N) is 1. The summed E-state index contributed by atoms with van der Waals surface area (Å²) < 4.78 is 0. The molecule has 78 valence electrons. The Morgan fingerprint density at radius 2 is 2.43 bits per heavy atom. The van der Waals surface area contributed by atoms with Gasteiger partial charge >= 0.3 is 0 Å². The highest BCUT2D eigenvalue weighted by Gasteiger charge is 2.06. The summed E-state index contributed by atoms with van der Waals surface area (Å²) in [5, 5.41) is 3.25. The van der Waals surface area contributed by atoms with Crippen LogP contribution < -0.4 is 11.1 Å². The Labute approximate surface area is 85.8 Å². The van der Waals surface area contributed by atoms with Crippen molar-refractivity contribution in [2.45, 2.75) is 32.6 Å². The van der Waals surface area contributed by atoms with Crippen molar-refractivity contribution >= 4 is 5.71 Å². The van der Waals surface area contributed by atoms with Crippen LogP contribution in [0.3, 0.4) is 0 Å². The topological polar surface area (TPSA) is 50.4 Å². The van der Waals surface area contributed by atoms with Gasteiger partial charge in [-0.15, -0.1) is 0 Å². The minimum absolute atomic E-state index is 0.864. The molecule has 0 spiro atoms. The molecule has 1 aliphatic heterocycles. The summed E-state index contributed by atoms with van der Waals surface area (Å²) in [5.41, 5.74) is 8.55. The first kappa shape index (κ1) is 10.8. The highest BCUT2D eigenvalue weighted by molar-refractivity contribution is 5.99. The maximum Gasteiger partial charge on any atom is 0.0629 e. The minimum Gasteiger partial charge on any atom is -0.401 e. The van der Waals surface area contributed by atoms with Crippen molar-refractivity contribution in [3.8, 4) is 0 Å². The quantitative estimate of drug-likeness (QED) is 0.716. The van der Waals surface area contributed by atoms with Gasteiger partial charge in [0.05, 0.1) is 5.71 Å². The normalized spacial score (nSPS) is 16.6. The number of nitrogens with one attached hydrogen (secondary N) is 1. The summed E-state index contributed by atoms with van der Waals surface area (Å²) in [6, 6.07) is 0. The third kappa shape index (κ3) is 3.24. The van der Waals surface area contributed by atoms with Crippen molar-refractivity contribution in [2.75, 3.05) is 6.54 Å². The van der Waals surface area contributed by atoms with Crippen molar-refractivity contribution < 1.29 is 0 Å². The molecule has 0 aromatic carbocycles. The van der Waals surface area contributed by atoms with Gasteiger partial charge < -0.3 is 11.1 Å². The summed E-state index contributed by atoms with van der Waals surface area (Å²) in [6.45, 7) is 7.06. The second-order valence-electron chi connectivity index (χ2n) is 3.54. The third-order valence-electron chi connectivity index (χ3n) is 2.20. The molecule has 0 saturated heterocycles. The summed E-state index contributed by atoms with van der Waals surface area (Å²) in [6.07, 6.45) is 5.82. The second-order valence-corrected chi connectivity index (χ2v) is 3.54. The summed E-state index contributed by atoms with van der Waals surface area (Å²) in [7, 11) is 0. The van der Waals surface area contributed by atoms with E-state index in [2.05, 4.69) is 23.8 Å². The Bertz CT molecular complexity index is 264. The lowest BCUT2D eigenvalue weighted by Gasteiger charge is -2.09. The molecule has 3 nitrogen and oxygen atoms in total. The molecule has 0 aromatic heterocycles. The first-order chi connectivity index (χ1) is 6.74. The van der Waals surface area contributed by atoms with E-state index in [0.717, 1.165) is 49.3 Å². The van der Waals surface area contributed by atoms with Crippen LogP contribution in [0.25, 0.3) is 0 Å². The molecule has 1 rings (SSSR count). The van der Waals surface area contributed by atoms with E-state index in [1.54, 1.807) is 6.20 Å². The Hall–Kier alpha value is -1.25. The first-order valence-corrected chi connectivity index (χ1v) is 5.18. The van der Waals surface area contributed by atoms with Crippen LogP contribution in [0.2, 0.25) is 0 Å². The van der Waals surface area contributed by atoms with Crippen LogP contribution in [0.4, 0.5) is 0 Å². The standard InChI is InChI=1S/C11H19N3/c1-3-7-13-9(2)11-6-4-5-10(12)8-14-11/h8,13H,2-7,12H2,1H3. The van der Waals surface area contributed by atoms with E-state index in [9.17, 15) is 0 Å². The summed E-state index contributed by atoms with van der Waals surface area (Å²) >= 11 is 0. The maximum atomic E-state index is 5.70. The van der Waals surface area contributed by atoms with Gasteiger partial charge in [0.25, 0.3) is 0 Å². The Morgan fingerprint density at radius 3 is 3.14 bits per heavy atom. The first-order valence-electron chi connectivity index (χ1n) is 5.18. The highest BCUT2D eigenvalue weighted by Crippen LogP contribution is 2.11. The van der Waals surface area contributed by atoms with Crippen LogP contribution in [0.5, 0.6) is 0 Å². The minimum atomic E-state index is 0.864. The van der Waals surface area contributed by atoms with E-state index in [4.69, 9.17) is 5.73 Å². The molecule has 0 atom stereocenters. The number of rotatable bonds is 4. The molecular weight excluding hydrogens is 174 g/mol. The van der Waals surface area contributed by atoms with Crippen LogP contribution in [-0.4, -0.2) is 12.3 Å². The van der Waals surface area contributed by atoms with Crippen molar-refractivity contribution in [3.63, 3.8) is 0 Å². The lowest BCUT2D eigenvalue weighted by atomic mass is 10.1. The lowest BCUT2D eigenvalue weighted by Crippen LogP contribution is -2.20. The molecule has 14 heavy (non-hydrogen) atoms. The van der Waals surface area contributed by atoms with E-state index in [1.165, 1.54) is 0 Å². The number of hydrogen-bond acceptors (Lipinski definition) is 3. The number of hydrogen-bond donors (Lipinski definition) is 2. The van der Waals surface area contributed by atoms with E-state index < -0.39 is 0 Å². The molecule has 0 unspecified atom stereocenters. The Kier molecular flexibility index (Phi) is 4.23. The highest BCUT2D eigenvalue weighted by atomic mass is 14.9. The van der Waals surface area contributed by atoms with Crippen molar-refractivity contribution in [1.82, 2.24) is 5.32 Å². The molecule has 1 aliphatic rings. The number of allylic oxidation sites excluding steroid dienone is 2. The van der Waals surface area contributed by atoms with Gasteiger partial charge in [0.2, 0.25) is 0 Å². The van der Waals surface area contributed by atoms with Crippen LogP contribution >= 0.6 is 0 Å². The fourth-order valence-corrected chi connectivity index (χ4v) is 1.36. The summed E-state index contributed by atoms with van der Waals surface area (Å²) in [4.78, 5) is 4.32. The van der Waals surface area contributed by atoms with Gasteiger partial charge in [-0.05, 0) is 25.7 Å². The van der Waals surface area contributed by atoms with Crippen molar-refractivity contribution in [3.05, 3.63) is 24.2 Å². The predicted octanol–water partition coefficient (Wildman–Crippen LogP) is 1.92. The van der Waals surface area contributed by atoms with E-state index in [-0.39, 0.29) is 0 Å². The SMILES string of the molecule is C=C(NCCC)C1=NC=C(N)CCC1. The van der Waals surface area contributed by atoms with Gasteiger partial charge in [0.15, 0.2) is 0 Å². The average Bonchev–Trinajstić information content (AvgIpc) is 2.39. The molecule has 0 saturated carbocycles. The zero-order chi connectivity index (χ0) is 10.4. The van der Waals surface area contributed by atoms with Crippen LogP contribution in [0.15, 0.2) is 29.2 Å². The largest absolute Gasteiger partial charge is 0.401 e. The number of nitrogens with zero attached hydrogens (tertiary/aromatic N) is 1. The van der Waals surface area contributed by atoms with Crippen LogP contribution in [0, 0.1) is 0 Å². The van der Waals surface area contributed by atoms with Crippen LogP contribution in [0.1, 0.15) is 32.6 Å². The molecule has 0 radical (unpaired) electrons. The Balaban J connectivity index is 2.54. The predicted molar refractivity (Wildman–Crippen MR) is 61.0 cm³/mol. The van der Waals surface area contributed by atoms with Crippen molar-refractivity contribution in [2.24, 2.45) is 10.7 Å². The van der Waals surface area contributed by atoms with E-state index in [1.807, 2.05) is 0 Å². The molecule has 0 aliphatic carbocycles. The fourth-order valence-electron chi connectivity index (χ4n) is 1.36. The van der Waals surface area contributed by atoms with Gasteiger partial charge in [0.1, 0.15) is 0 Å². The molecule has 3 heteroatoms. The smallest absolute Gasteiger partial charge is 0.0629 e. The number of aliphatic imine (C=N–C) groups is 1. The van der Waals surface area contributed by atoms with Crippen LogP contribution in [-0.2, 0) is 0 Å². The van der Waals surface area contributed by atoms with Gasteiger partial charge in [-0.2, -0.15) is 0 Å². The van der Waals surface area contributed by atoms with Gasteiger partial charge in [-0.1, -0.05) is 13.5 Å². The molecule has 3 N–H and O–H groups in total. The van der Waals surface area contributed by atoms with Gasteiger partial charge in [-0.3, -0.25) is 4.99 Å². The zero-order valence-electron chi connectivity index (χ0n) is 8.84. The maximum absolute atomic E-state index is 5.70. The zero-order valence-corrected chi connectivity index (χ0v) is 8.84. The summed E-state index contributed by atoms with van der Waals surface area (Å²) in [5.74, 6) is 0. The fraction of sp³-hybridized carbons (Fsp3) is 0.545. The molecule has 0 amide bonds. The molecule has 1 heterocycles. The third-order valence-corrected chi connectivity index (χ3v) is 2.20. The molecule has 0 bridgehead atoms. The van der Waals surface area contributed by atoms with E-state index in [0.29, 0.717) is 0 Å². The molecular formula is C11H19N3. The van der Waals surface area contributed by atoms with Crippen molar-refractivity contribution in [1.29, 1.82) is 0 Å². The molecule has 0 fully saturated rings. The monoisotopic (exact) mass is 193 g/mol. The lowest BCUT2D eigenvalue weighted by molar-refractivity contribution is 0.784. The average molecular weight is 193 g/mol.